The highest BCUT2D eigenvalue weighted by atomic mass is 32.2. The smallest absolute Gasteiger partial charge is 0.295 e. The fourth-order valence-electron chi connectivity index (χ4n) is 2.20. The molecular weight excluding hydrogens is 376 g/mol. The first kappa shape index (κ1) is 20.1. The summed E-state index contributed by atoms with van der Waals surface area (Å²) < 4.78 is 33.1. The standard InChI is InChI=1S/C16H18N4O6S/c1-10(11-4-7-15(25-2)16(8-11)26-3)18-19-13-6-5-12(27(17,23)24)9-14(13)20(21)22/h4-9,19H,1-3H3,(H2,17,23,24). The lowest BCUT2D eigenvalue weighted by atomic mass is 10.1. The summed E-state index contributed by atoms with van der Waals surface area (Å²) >= 11 is 0. The summed E-state index contributed by atoms with van der Waals surface area (Å²) in [5, 5.41) is 20.3. The lowest BCUT2D eigenvalue weighted by Gasteiger charge is -2.10. The highest BCUT2D eigenvalue weighted by Crippen LogP contribution is 2.29. The molecule has 0 heterocycles. The van der Waals surface area contributed by atoms with Gasteiger partial charge >= 0.3 is 0 Å². The minimum Gasteiger partial charge on any atom is -0.493 e. The number of nitrogens with one attached hydrogen (secondary N) is 1. The molecule has 27 heavy (non-hydrogen) atoms. The van der Waals surface area contributed by atoms with Crippen molar-refractivity contribution in [3.05, 3.63) is 52.1 Å². The first-order valence-corrected chi connectivity index (χ1v) is 9.06. The number of rotatable bonds is 7. The molecule has 0 radical (unpaired) electrons. The Labute approximate surface area is 155 Å². The summed E-state index contributed by atoms with van der Waals surface area (Å²) in [5.74, 6) is 1.06. The van der Waals surface area contributed by atoms with Crippen LogP contribution in [0.25, 0.3) is 0 Å². The van der Waals surface area contributed by atoms with Crippen LogP contribution in [0.1, 0.15) is 12.5 Å². The summed E-state index contributed by atoms with van der Waals surface area (Å²) in [5.41, 5.74) is 3.34. The molecule has 0 aromatic heterocycles. The molecule has 144 valence electrons. The zero-order valence-corrected chi connectivity index (χ0v) is 15.6. The Bertz CT molecular complexity index is 1000. The second-order valence-electron chi connectivity index (χ2n) is 5.36. The number of hydrogen-bond donors (Lipinski definition) is 2. The molecule has 11 heteroatoms. The normalized spacial score (nSPS) is 11.8. The largest absolute Gasteiger partial charge is 0.493 e. The average Bonchev–Trinajstić information content (AvgIpc) is 2.64. The van der Waals surface area contributed by atoms with Gasteiger partial charge in [-0.1, -0.05) is 0 Å². The van der Waals surface area contributed by atoms with Crippen LogP contribution in [0.15, 0.2) is 46.4 Å². The molecule has 0 aliphatic heterocycles. The second-order valence-corrected chi connectivity index (χ2v) is 6.92. The van der Waals surface area contributed by atoms with Crippen molar-refractivity contribution in [2.45, 2.75) is 11.8 Å². The maximum Gasteiger partial charge on any atom is 0.295 e. The van der Waals surface area contributed by atoms with E-state index in [-0.39, 0.29) is 10.6 Å². The van der Waals surface area contributed by atoms with E-state index in [2.05, 4.69) is 10.5 Å². The number of nitro benzene ring substituents is 1. The first-order valence-electron chi connectivity index (χ1n) is 7.51. The van der Waals surface area contributed by atoms with E-state index in [1.807, 2.05) is 0 Å². The highest BCUT2D eigenvalue weighted by molar-refractivity contribution is 7.89. The van der Waals surface area contributed by atoms with Gasteiger partial charge in [-0.25, -0.2) is 13.6 Å². The Morgan fingerprint density at radius 1 is 1.15 bits per heavy atom. The number of anilines is 1. The van der Waals surface area contributed by atoms with E-state index < -0.39 is 20.6 Å². The molecule has 2 rings (SSSR count). The maximum atomic E-state index is 11.4. The molecule has 0 bridgehead atoms. The molecule has 0 atom stereocenters. The first-order chi connectivity index (χ1) is 12.7. The van der Waals surface area contributed by atoms with Crippen molar-refractivity contribution in [1.82, 2.24) is 0 Å². The number of hydrogen-bond acceptors (Lipinski definition) is 8. The summed E-state index contributed by atoms with van der Waals surface area (Å²) in [7, 11) is -1.04. The van der Waals surface area contributed by atoms with Gasteiger partial charge in [0.05, 0.1) is 29.8 Å². The van der Waals surface area contributed by atoms with Gasteiger partial charge in [-0.15, -0.1) is 0 Å². The van der Waals surface area contributed by atoms with Crippen LogP contribution in [0.3, 0.4) is 0 Å². The molecule has 0 unspecified atom stereocenters. The third-order valence-corrected chi connectivity index (χ3v) is 4.55. The third kappa shape index (κ3) is 4.71. The van der Waals surface area contributed by atoms with Crippen LogP contribution >= 0.6 is 0 Å². The number of nitrogens with zero attached hydrogens (tertiary/aromatic N) is 2. The quantitative estimate of drug-likeness (QED) is 0.415. The topological polar surface area (TPSA) is 146 Å². The Morgan fingerprint density at radius 2 is 1.81 bits per heavy atom. The summed E-state index contributed by atoms with van der Waals surface area (Å²) in [4.78, 5) is 10.1. The summed E-state index contributed by atoms with van der Waals surface area (Å²) in [6, 6.07) is 8.42. The van der Waals surface area contributed by atoms with Crippen molar-refractivity contribution < 1.29 is 22.8 Å². The van der Waals surface area contributed by atoms with E-state index in [9.17, 15) is 18.5 Å². The van der Waals surface area contributed by atoms with Crippen molar-refractivity contribution in [2.75, 3.05) is 19.6 Å². The van der Waals surface area contributed by atoms with Gasteiger partial charge < -0.3 is 9.47 Å². The summed E-state index contributed by atoms with van der Waals surface area (Å²) in [6.45, 7) is 1.69. The minimum absolute atomic E-state index is 0.0206. The Balaban J connectivity index is 2.35. The van der Waals surface area contributed by atoms with Gasteiger partial charge in [0, 0.05) is 11.6 Å². The van der Waals surface area contributed by atoms with Crippen LogP contribution in [0.5, 0.6) is 11.5 Å². The zero-order chi connectivity index (χ0) is 20.2. The van der Waals surface area contributed by atoms with Gasteiger partial charge in [-0.2, -0.15) is 5.10 Å². The Morgan fingerprint density at radius 3 is 2.37 bits per heavy atom. The number of methoxy groups -OCH3 is 2. The number of nitrogens with two attached hydrogens (primary N) is 1. The minimum atomic E-state index is -4.06. The third-order valence-electron chi connectivity index (χ3n) is 3.64. The number of sulfonamides is 1. The van der Waals surface area contributed by atoms with Crippen molar-refractivity contribution in [1.29, 1.82) is 0 Å². The van der Waals surface area contributed by atoms with Gasteiger partial charge in [0.2, 0.25) is 10.0 Å². The molecule has 0 aliphatic carbocycles. The van der Waals surface area contributed by atoms with Crippen molar-refractivity contribution >= 4 is 27.1 Å². The molecule has 0 spiro atoms. The number of benzene rings is 2. The fourth-order valence-corrected chi connectivity index (χ4v) is 2.74. The average molecular weight is 394 g/mol. The van der Waals surface area contributed by atoms with E-state index in [0.29, 0.717) is 22.8 Å². The number of ether oxygens (including phenoxy) is 2. The lowest BCUT2D eigenvalue weighted by molar-refractivity contribution is -0.384. The van der Waals surface area contributed by atoms with Crippen molar-refractivity contribution in [3.63, 3.8) is 0 Å². The SMILES string of the molecule is COc1ccc(C(C)=NNc2ccc(S(N)(=O)=O)cc2[N+](=O)[O-])cc1OC. The van der Waals surface area contributed by atoms with Crippen LogP contribution in [0, 0.1) is 10.1 Å². The molecule has 0 amide bonds. The predicted molar refractivity (Wildman–Crippen MR) is 99.8 cm³/mol. The van der Waals surface area contributed by atoms with Crippen molar-refractivity contribution in [3.8, 4) is 11.5 Å². The van der Waals surface area contributed by atoms with E-state index >= 15 is 0 Å². The molecule has 0 saturated carbocycles. The van der Waals surface area contributed by atoms with Crippen molar-refractivity contribution in [2.24, 2.45) is 10.2 Å². The van der Waals surface area contributed by atoms with Gasteiger partial charge in [-0.3, -0.25) is 15.5 Å². The van der Waals surface area contributed by atoms with E-state index in [4.69, 9.17) is 14.6 Å². The highest BCUT2D eigenvalue weighted by Gasteiger charge is 2.19. The molecule has 0 fully saturated rings. The molecule has 2 aromatic carbocycles. The van der Waals surface area contributed by atoms with E-state index in [1.165, 1.54) is 20.3 Å². The zero-order valence-electron chi connectivity index (χ0n) is 14.8. The van der Waals surface area contributed by atoms with Crippen LogP contribution in [0.4, 0.5) is 11.4 Å². The van der Waals surface area contributed by atoms with Gasteiger partial charge in [0.1, 0.15) is 5.69 Å². The number of primary sulfonamides is 1. The fraction of sp³-hybridized carbons (Fsp3) is 0.188. The molecular formula is C16H18N4O6S. The van der Waals surface area contributed by atoms with Gasteiger partial charge in [-0.05, 0) is 37.3 Å². The molecule has 0 aliphatic rings. The number of hydrazone groups is 1. The Hall–Kier alpha value is -3.18. The van der Waals surface area contributed by atoms with E-state index in [1.54, 1.807) is 25.1 Å². The van der Waals surface area contributed by atoms with Crippen LogP contribution in [0.2, 0.25) is 0 Å². The maximum absolute atomic E-state index is 11.4. The second kappa shape index (κ2) is 8.01. The lowest BCUT2D eigenvalue weighted by Crippen LogP contribution is -2.12. The molecule has 3 N–H and O–H groups in total. The molecule has 2 aromatic rings. The van der Waals surface area contributed by atoms with Crippen LogP contribution < -0.4 is 20.0 Å². The number of nitro groups is 1. The van der Waals surface area contributed by atoms with Crippen LogP contribution in [-0.4, -0.2) is 33.3 Å². The van der Waals surface area contributed by atoms with Gasteiger partial charge in [0.25, 0.3) is 5.69 Å². The van der Waals surface area contributed by atoms with Crippen LogP contribution in [-0.2, 0) is 10.0 Å². The molecule has 0 saturated heterocycles. The predicted octanol–water partition coefficient (Wildman–Crippen LogP) is 2.10. The summed E-state index contributed by atoms with van der Waals surface area (Å²) in [6.07, 6.45) is 0. The molecule has 10 nitrogen and oxygen atoms in total. The van der Waals surface area contributed by atoms with E-state index in [0.717, 1.165) is 12.1 Å². The monoisotopic (exact) mass is 394 g/mol. The Kier molecular flexibility index (Phi) is 5.98. The van der Waals surface area contributed by atoms with Gasteiger partial charge in [0.15, 0.2) is 11.5 Å².